The largest absolute Gasteiger partial charge is 0.374 e. The summed E-state index contributed by atoms with van der Waals surface area (Å²) >= 11 is 0. The predicted octanol–water partition coefficient (Wildman–Crippen LogP) is 2.07. The summed E-state index contributed by atoms with van der Waals surface area (Å²) in [6, 6.07) is 7.10. The standard InChI is InChI=1S/C16H25FN2O/c1-3-19-8-9-20-16(12-19)11-18-13(2)10-14-4-6-15(17)7-5-14/h4-7,13,16,18H,3,8-12H2,1-2H3. The highest BCUT2D eigenvalue weighted by molar-refractivity contribution is 5.16. The fourth-order valence-electron chi connectivity index (χ4n) is 2.57. The van der Waals surface area contributed by atoms with Crippen LogP contribution in [0, 0.1) is 5.82 Å². The number of halogens is 1. The van der Waals surface area contributed by atoms with Gasteiger partial charge < -0.3 is 10.1 Å². The van der Waals surface area contributed by atoms with Gasteiger partial charge in [-0.05, 0) is 37.6 Å². The zero-order valence-corrected chi connectivity index (χ0v) is 12.4. The molecule has 0 radical (unpaired) electrons. The Bertz CT molecular complexity index is 396. The van der Waals surface area contributed by atoms with Crippen molar-refractivity contribution in [1.82, 2.24) is 10.2 Å². The second-order valence-corrected chi connectivity index (χ2v) is 5.53. The lowest BCUT2D eigenvalue weighted by atomic mass is 10.1. The Hall–Kier alpha value is -0.970. The van der Waals surface area contributed by atoms with E-state index in [0.29, 0.717) is 6.04 Å². The van der Waals surface area contributed by atoms with Crippen LogP contribution in [0.5, 0.6) is 0 Å². The molecular weight excluding hydrogens is 255 g/mol. The van der Waals surface area contributed by atoms with Crippen LogP contribution in [0.25, 0.3) is 0 Å². The molecule has 1 aliphatic rings. The highest BCUT2D eigenvalue weighted by Crippen LogP contribution is 2.07. The molecule has 112 valence electrons. The number of nitrogens with zero attached hydrogens (tertiary/aromatic N) is 1. The van der Waals surface area contributed by atoms with Crippen molar-refractivity contribution in [3.63, 3.8) is 0 Å². The minimum Gasteiger partial charge on any atom is -0.374 e. The van der Waals surface area contributed by atoms with Crippen LogP contribution in [0.4, 0.5) is 4.39 Å². The van der Waals surface area contributed by atoms with Gasteiger partial charge in [-0.1, -0.05) is 19.1 Å². The van der Waals surface area contributed by atoms with Crippen molar-refractivity contribution in [3.05, 3.63) is 35.6 Å². The monoisotopic (exact) mass is 280 g/mol. The van der Waals surface area contributed by atoms with Crippen molar-refractivity contribution in [1.29, 1.82) is 0 Å². The zero-order valence-electron chi connectivity index (χ0n) is 12.4. The summed E-state index contributed by atoms with van der Waals surface area (Å²) in [5, 5.41) is 3.51. The van der Waals surface area contributed by atoms with E-state index in [1.807, 2.05) is 12.1 Å². The van der Waals surface area contributed by atoms with E-state index in [1.165, 1.54) is 12.1 Å². The molecule has 1 fully saturated rings. The van der Waals surface area contributed by atoms with Crippen molar-refractivity contribution >= 4 is 0 Å². The van der Waals surface area contributed by atoms with Gasteiger partial charge in [0, 0.05) is 25.7 Å². The average molecular weight is 280 g/mol. The van der Waals surface area contributed by atoms with Gasteiger partial charge in [-0.2, -0.15) is 0 Å². The molecule has 20 heavy (non-hydrogen) atoms. The molecule has 1 aromatic carbocycles. The Kier molecular flexibility index (Phi) is 5.95. The van der Waals surface area contributed by atoms with E-state index in [1.54, 1.807) is 0 Å². The van der Waals surface area contributed by atoms with Crippen molar-refractivity contribution < 1.29 is 9.13 Å². The Balaban J connectivity index is 1.71. The topological polar surface area (TPSA) is 24.5 Å². The third kappa shape index (κ3) is 4.85. The maximum absolute atomic E-state index is 12.8. The van der Waals surface area contributed by atoms with Gasteiger partial charge in [-0.15, -0.1) is 0 Å². The number of likely N-dealkylation sites (N-methyl/N-ethyl adjacent to an activating group) is 1. The lowest BCUT2D eigenvalue weighted by Gasteiger charge is -2.32. The third-order valence-electron chi connectivity index (χ3n) is 3.82. The molecule has 1 heterocycles. The van der Waals surface area contributed by atoms with E-state index < -0.39 is 0 Å². The van der Waals surface area contributed by atoms with Gasteiger partial charge in [0.2, 0.25) is 0 Å². The molecule has 0 saturated carbocycles. The second-order valence-electron chi connectivity index (χ2n) is 5.53. The van der Waals surface area contributed by atoms with Gasteiger partial charge in [0.05, 0.1) is 12.7 Å². The fourth-order valence-corrected chi connectivity index (χ4v) is 2.57. The van der Waals surface area contributed by atoms with E-state index in [2.05, 4.69) is 24.1 Å². The smallest absolute Gasteiger partial charge is 0.123 e. The number of morpholine rings is 1. The van der Waals surface area contributed by atoms with Gasteiger partial charge in [0.1, 0.15) is 5.82 Å². The number of hydrogen-bond acceptors (Lipinski definition) is 3. The summed E-state index contributed by atoms with van der Waals surface area (Å²) in [6.45, 7) is 9.18. The van der Waals surface area contributed by atoms with E-state index in [-0.39, 0.29) is 11.9 Å². The molecule has 4 heteroatoms. The summed E-state index contributed by atoms with van der Waals surface area (Å²) < 4.78 is 18.6. The van der Waals surface area contributed by atoms with Crippen molar-refractivity contribution in [2.24, 2.45) is 0 Å². The number of rotatable bonds is 6. The van der Waals surface area contributed by atoms with Crippen LogP contribution in [-0.4, -0.2) is 49.8 Å². The van der Waals surface area contributed by atoms with Crippen LogP contribution >= 0.6 is 0 Å². The number of hydrogen-bond donors (Lipinski definition) is 1. The quantitative estimate of drug-likeness (QED) is 0.863. The third-order valence-corrected chi connectivity index (χ3v) is 3.82. The molecule has 0 amide bonds. The molecule has 2 atom stereocenters. The molecule has 0 aromatic heterocycles. The average Bonchev–Trinajstić information content (AvgIpc) is 2.48. The normalized spacial score (nSPS) is 21.9. The lowest BCUT2D eigenvalue weighted by molar-refractivity contribution is -0.0261. The summed E-state index contributed by atoms with van der Waals surface area (Å²) in [7, 11) is 0. The molecule has 2 rings (SSSR count). The minimum absolute atomic E-state index is 0.176. The van der Waals surface area contributed by atoms with Crippen LogP contribution in [0.1, 0.15) is 19.4 Å². The van der Waals surface area contributed by atoms with Crippen molar-refractivity contribution in [2.45, 2.75) is 32.4 Å². The molecule has 0 bridgehead atoms. The molecule has 3 nitrogen and oxygen atoms in total. The SMILES string of the molecule is CCN1CCOC(CNC(C)Cc2ccc(F)cc2)C1. The van der Waals surface area contributed by atoms with Gasteiger partial charge in [-0.25, -0.2) is 4.39 Å². The first-order valence-corrected chi connectivity index (χ1v) is 7.49. The summed E-state index contributed by atoms with van der Waals surface area (Å²) in [5.41, 5.74) is 1.16. The van der Waals surface area contributed by atoms with Crippen LogP contribution < -0.4 is 5.32 Å². The van der Waals surface area contributed by atoms with E-state index in [9.17, 15) is 4.39 Å². The summed E-state index contributed by atoms with van der Waals surface area (Å²) in [6.07, 6.45) is 1.18. The molecule has 0 spiro atoms. The van der Waals surface area contributed by atoms with Crippen molar-refractivity contribution in [3.8, 4) is 0 Å². The molecule has 1 N–H and O–H groups in total. The number of ether oxygens (including phenoxy) is 1. The highest BCUT2D eigenvalue weighted by Gasteiger charge is 2.19. The maximum Gasteiger partial charge on any atom is 0.123 e. The Morgan fingerprint density at radius 1 is 1.40 bits per heavy atom. The molecule has 1 aliphatic heterocycles. The van der Waals surface area contributed by atoms with E-state index in [4.69, 9.17) is 4.74 Å². The van der Waals surface area contributed by atoms with Crippen LogP contribution in [0.15, 0.2) is 24.3 Å². The fraction of sp³-hybridized carbons (Fsp3) is 0.625. The number of nitrogens with one attached hydrogen (secondary N) is 1. The summed E-state index contributed by atoms with van der Waals surface area (Å²) in [5.74, 6) is -0.176. The Labute approximate surface area is 121 Å². The molecule has 1 aromatic rings. The van der Waals surface area contributed by atoms with Crippen LogP contribution in [-0.2, 0) is 11.2 Å². The first-order chi connectivity index (χ1) is 9.67. The first-order valence-electron chi connectivity index (χ1n) is 7.49. The second kappa shape index (κ2) is 7.72. The van der Waals surface area contributed by atoms with Gasteiger partial charge >= 0.3 is 0 Å². The minimum atomic E-state index is -0.176. The van der Waals surface area contributed by atoms with Crippen molar-refractivity contribution in [2.75, 3.05) is 32.8 Å². The number of benzene rings is 1. The highest BCUT2D eigenvalue weighted by atomic mass is 19.1. The predicted molar refractivity (Wildman–Crippen MR) is 79.4 cm³/mol. The van der Waals surface area contributed by atoms with E-state index >= 15 is 0 Å². The Morgan fingerprint density at radius 3 is 2.85 bits per heavy atom. The molecular formula is C16H25FN2O. The first kappa shape index (κ1) is 15.4. The van der Waals surface area contributed by atoms with E-state index in [0.717, 1.165) is 44.8 Å². The zero-order chi connectivity index (χ0) is 14.4. The van der Waals surface area contributed by atoms with Crippen LogP contribution in [0.3, 0.4) is 0 Å². The molecule has 2 unspecified atom stereocenters. The summed E-state index contributed by atoms with van der Waals surface area (Å²) in [4.78, 5) is 2.42. The van der Waals surface area contributed by atoms with Crippen LogP contribution in [0.2, 0.25) is 0 Å². The van der Waals surface area contributed by atoms with Gasteiger partial charge in [0.15, 0.2) is 0 Å². The van der Waals surface area contributed by atoms with Gasteiger partial charge in [0.25, 0.3) is 0 Å². The maximum atomic E-state index is 12.8. The molecule has 0 aliphatic carbocycles. The van der Waals surface area contributed by atoms with Gasteiger partial charge in [-0.3, -0.25) is 4.90 Å². The lowest BCUT2D eigenvalue weighted by Crippen LogP contribution is -2.47. The Morgan fingerprint density at radius 2 is 2.15 bits per heavy atom. The molecule has 1 saturated heterocycles.